The fourth-order valence-electron chi connectivity index (χ4n) is 4.81. The van der Waals surface area contributed by atoms with Gasteiger partial charge >= 0.3 is 0 Å². The third kappa shape index (κ3) is 3.94. The van der Waals surface area contributed by atoms with Crippen molar-refractivity contribution in [3.05, 3.63) is 48.3 Å². The third-order valence-corrected chi connectivity index (χ3v) is 6.43. The van der Waals surface area contributed by atoms with Crippen LogP contribution >= 0.6 is 0 Å². The van der Waals surface area contributed by atoms with E-state index in [9.17, 15) is 4.79 Å². The van der Waals surface area contributed by atoms with Gasteiger partial charge in [0.15, 0.2) is 5.65 Å². The monoisotopic (exact) mass is 420 g/mol. The maximum absolute atomic E-state index is 13.4. The number of ether oxygens (including phenoxy) is 1. The van der Waals surface area contributed by atoms with E-state index >= 15 is 0 Å². The van der Waals surface area contributed by atoms with Crippen LogP contribution in [0.5, 0.6) is 5.75 Å². The van der Waals surface area contributed by atoms with Crippen LogP contribution in [0.3, 0.4) is 0 Å². The number of hydrogen-bond acceptors (Lipinski definition) is 6. The molecule has 2 aliphatic rings. The van der Waals surface area contributed by atoms with Crippen LogP contribution in [0.1, 0.15) is 44.2 Å². The molecule has 2 saturated heterocycles. The van der Waals surface area contributed by atoms with E-state index in [1.807, 2.05) is 31.2 Å². The highest BCUT2D eigenvalue weighted by molar-refractivity contribution is 5.80. The average Bonchev–Trinajstić information content (AvgIpc) is 3.49. The lowest BCUT2D eigenvalue weighted by atomic mass is 9.94. The van der Waals surface area contributed by atoms with E-state index < -0.39 is 0 Å². The molecule has 0 saturated carbocycles. The number of anilines is 1. The summed E-state index contributed by atoms with van der Waals surface area (Å²) in [5.41, 5.74) is 1.95. The highest BCUT2D eigenvalue weighted by Gasteiger charge is 2.35. The summed E-state index contributed by atoms with van der Waals surface area (Å²) < 4.78 is 7.25. The minimum atomic E-state index is 0.0817. The van der Waals surface area contributed by atoms with Gasteiger partial charge in [-0.15, -0.1) is 15.3 Å². The number of aromatic nitrogens is 4. The van der Waals surface area contributed by atoms with E-state index in [1.165, 1.54) is 5.56 Å². The molecule has 1 aromatic carbocycles. The summed E-state index contributed by atoms with van der Waals surface area (Å²) in [6.07, 6.45) is 5.41. The van der Waals surface area contributed by atoms with Crippen LogP contribution in [0, 0.1) is 5.92 Å². The van der Waals surface area contributed by atoms with Crippen LogP contribution in [0.15, 0.2) is 42.7 Å². The number of amides is 1. The predicted octanol–water partition coefficient (Wildman–Crippen LogP) is 3.10. The van der Waals surface area contributed by atoms with Crippen molar-refractivity contribution >= 4 is 17.4 Å². The van der Waals surface area contributed by atoms with Crippen LogP contribution in [0.2, 0.25) is 0 Å². The van der Waals surface area contributed by atoms with Gasteiger partial charge in [0.25, 0.3) is 0 Å². The van der Waals surface area contributed by atoms with E-state index in [4.69, 9.17) is 4.74 Å². The van der Waals surface area contributed by atoms with Gasteiger partial charge < -0.3 is 14.5 Å². The first-order valence-electron chi connectivity index (χ1n) is 11.2. The minimum absolute atomic E-state index is 0.0817. The molecule has 1 unspecified atom stereocenters. The van der Waals surface area contributed by atoms with Crippen molar-refractivity contribution in [3.8, 4) is 5.75 Å². The Bertz CT molecular complexity index is 1040. The summed E-state index contributed by atoms with van der Waals surface area (Å²) >= 11 is 0. The Hall–Kier alpha value is -3.16. The quantitative estimate of drug-likeness (QED) is 0.631. The zero-order valence-corrected chi connectivity index (χ0v) is 17.9. The van der Waals surface area contributed by atoms with Crippen LogP contribution < -0.4 is 9.64 Å². The number of benzene rings is 1. The van der Waals surface area contributed by atoms with Crippen molar-refractivity contribution in [2.24, 2.45) is 5.92 Å². The molecule has 0 aliphatic carbocycles. The molecule has 8 nitrogen and oxygen atoms in total. The second-order valence-corrected chi connectivity index (χ2v) is 8.28. The number of fused-ring (bicyclic) bond motifs is 1. The molecule has 0 bridgehead atoms. The summed E-state index contributed by atoms with van der Waals surface area (Å²) in [6, 6.07) is 12.3. The van der Waals surface area contributed by atoms with E-state index in [-0.39, 0.29) is 12.0 Å². The number of piperidine rings is 1. The number of hydrogen-bond donors (Lipinski definition) is 0. The summed E-state index contributed by atoms with van der Waals surface area (Å²) in [6.45, 7) is 5.16. The number of rotatable bonds is 5. The molecule has 5 rings (SSSR count). The maximum atomic E-state index is 13.4. The first-order chi connectivity index (χ1) is 15.2. The third-order valence-electron chi connectivity index (χ3n) is 6.43. The average molecular weight is 421 g/mol. The molecular weight excluding hydrogens is 392 g/mol. The van der Waals surface area contributed by atoms with Crippen LogP contribution in [0.4, 0.5) is 5.82 Å². The van der Waals surface area contributed by atoms with Gasteiger partial charge in [0.05, 0.1) is 12.6 Å². The molecule has 2 fully saturated rings. The second-order valence-electron chi connectivity index (χ2n) is 8.28. The molecule has 31 heavy (non-hydrogen) atoms. The second kappa shape index (κ2) is 8.53. The molecule has 8 heteroatoms. The van der Waals surface area contributed by atoms with Crippen molar-refractivity contribution in [2.45, 2.75) is 38.6 Å². The maximum Gasteiger partial charge on any atom is 0.226 e. The van der Waals surface area contributed by atoms with Crippen molar-refractivity contribution in [3.63, 3.8) is 0 Å². The summed E-state index contributed by atoms with van der Waals surface area (Å²) in [4.78, 5) is 17.7. The normalized spacial score (nSPS) is 19.8. The van der Waals surface area contributed by atoms with E-state index in [0.717, 1.165) is 62.5 Å². The van der Waals surface area contributed by atoms with Gasteiger partial charge in [-0.1, -0.05) is 12.1 Å². The number of carbonyl (C=O) groups excluding carboxylic acids is 1. The molecule has 0 N–H and O–H groups in total. The summed E-state index contributed by atoms with van der Waals surface area (Å²) in [5.74, 6) is 2.18. The zero-order chi connectivity index (χ0) is 21.2. The molecule has 1 amide bonds. The molecule has 0 spiro atoms. The molecule has 162 valence electrons. The molecule has 4 heterocycles. The zero-order valence-electron chi connectivity index (χ0n) is 17.9. The summed E-state index contributed by atoms with van der Waals surface area (Å²) in [5, 5.41) is 12.5. The lowest BCUT2D eigenvalue weighted by Crippen LogP contribution is -2.42. The van der Waals surface area contributed by atoms with Crippen molar-refractivity contribution < 1.29 is 9.53 Å². The van der Waals surface area contributed by atoms with Crippen LogP contribution in [0.25, 0.3) is 5.65 Å². The fourth-order valence-corrected chi connectivity index (χ4v) is 4.81. The largest absolute Gasteiger partial charge is 0.494 e. The van der Waals surface area contributed by atoms with Gasteiger partial charge in [-0.2, -0.15) is 4.52 Å². The van der Waals surface area contributed by atoms with Gasteiger partial charge in [0.1, 0.15) is 17.9 Å². The minimum Gasteiger partial charge on any atom is -0.494 e. The lowest BCUT2D eigenvalue weighted by molar-refractivity contribution is -0.137. The molecule has 2 aliphatic heterocycles. The first-order valence-corrected chi connectivity index (χ1v) is 11.2. The molecule has 0 radical (unpaired) electrons. The SMILES string of the molecule is CCOc1ccc(C2CCCN2C(=O)C2CCN(c3ccc4nncn4n3)CC2)cc1. The predicted molar refractivity (Wildman–Crippen MR) is 117 cm³/mol. The highest BCUT2D eigenvalue weighted by atomic mass is 16.5. The van der Waals surface area contributed by atoms with Crippen LogP contribution in [-0.2, 0) is 4.79 Å². The van der Waals surface area contributed by atoms with Gasteiger partial charge in [-0.25, -0.2) is 0 Å². The standard InChI is InChI=1S/C23H28N6O2/c1-2-31-19-7-5-17(6-8-19)20-4-3-13-28(20)23(30)18-11-14-27(15-12-18)22-10-9-21-25-24-16-29(21)26-22/h5-10,16,18,20H,2-4,11-15H2,1H3. The Morgan fingerprint density at radius 2 is 1.87 bits per heavy atom. The smallest absolute Gasteiger partial charge is 0.226 e. The highest BCUT2D eigenvalue weighted by Crippen LogP contribution is 2.35. The lowest BCUT2D eigenvalue weighted by Gasteiger charge is -2.35. The van der Waals surface area contributed by atoms with E-state index in [0.29, 0.717) is 12.5 Å². The Kier molecular flexibility index (Phi) is 5.44. The Balaban J connectivity index is 1.23. The number of likely N-dealkylation sites (tertiary alicyclic amines) is 1. The summed E-state index contributed by atoms with van der Waals surface area (Å²) in [7, 11) is 0. The molecule has 1 atom stereocenters. The van der Waals surface area contributed by atoms with Gasteiger partial charge in [0.2, 0.25) is 5.91 Å². The van der Waals surface area contributed by atoms with Crippen molar-refractivity contribution in [2.75, 3.05) is 31.1 Å². The van der Waals surface area contributed by atoms with E-state index in [1.54, 1.807) is 10.8 Å². The fraction of sp³-hybridized carbons (Fsp3) is 0.478. The van der Waals surface area contributed by atoms with E-state index in [2.05, 4.69) is 37.2 Å². The number of nitrogens with zero attached hydrogens (tertiary/aromatic N) is 6. The first kappa shape index (κ1) is 19.8. The van der Waals surface area contributed by atoms with Crippen molar-refractivity contribution in [1.82, 2.24) is 24.7 Å². The van der Waals surface area contributed by atoms with Gasteiger partial charge in [-0.05, 0) is 62.4 Å². The topological polar surface area (TPSA) is 75.9 Å². The van der Waals surface area contributed by atoms with Gasteiger partial charge in [-0.3, -0.25) is 4.79 Å². The number of carbonyl (C=O) groups is 1. The molecule has 3 aromatic rings. The van der Waals surface area contributed by atoms with Gasteiger partial charge in [0, 0.05) is 25.6 Å². The Labute approximate surface area is 181 Å². The van der Waals surface area contributed by atoms with Crippen LogP contribution in [-0.4, -0.2) is 56.9 Å². The molecular formula is C23H28N6O2. The Morgan fingerprint density at radius 3 is 2.65 bits per heavy atom. The molecule has 2 aromatic heterocycles. The Morgan fingerprint density at radius 1 is 1.06 bits per heavy atom. The van der Waals surface area contributed by atoms with Crippen molar-refractivity contribution in [1.29, 1.82) is 0 Å².